The van der Waals surface area contributed by atoms with Gasteiger partial charge in [0.2, 0.25) is 5.91 Å². The number of anilines is 1. The highest BCUT2D eigenvalue weighted by molar-refractivity contribution is 5.79. The summed E-state index contributed by atoms with van der Waals surface area (Å²) in [5.74, 6) is 1.51. The van der Waals surface area contributed by atoms with Gasteiger partial charge in [-0.05, 0) is 25.7 Å². The number of amides is 1. The van der Waals surface area contributed by atoms with Crippen LogP contribution in [0.3, 0.4) is 0 Å². The summed E-state index contributed by atoms with van der Waals surface area (Å²) in [7, 11) is 0. The van der Waals surface area contributed by atoms with Gasteiger partial charge in [0.25, 0.3) is 0 Å². The van der Waals surface area contributed by atoms with Crippen molar-refractivity contribution in [1.82, 2.24) is 14.9 Å². The fourth-order valence-corrected chi connectivity index (χ4v) is 3.01. The highest BCUT2D eigenvalue weighted by Gasteiger charge is 2.30. The lowest BCUT2D eigenvalue weighted by Gasteiger charge is -2.33. The molecular weight excluding hydrogens is 240 g/mol. The zero-order valence-electron chi connectivity index (χ0n) is 11.2. The van der Waals surface area contributed by atoms with Gasteiger partial charge in [0.15, 0.2) is 0 Å². The van der Waals surface area contributed by atoms with Gasteiger partial charge in [-0.2, -0.15) is 0 Å². The molecule has 3 heterocycles. The maximum Gasteiger partial charge on any atom is 0.225 e. The van der Waals surface area contributed by atoms with Gasteiger partial charge in [-0.25, -0.2) is 4.98 Å². The molecule has 0 radical (unpaired) electrons. The number of rotatable bonds is 2. The van der Waals surface area contributed by atoms with Crippen LogP contribution in [0.1, 0.15) is 25.7 Å². The van der Waals surface area contributed by atoms with E-state index >= 15 is 0 Å². The Morgan fingerprint density at radius 1 is 1.11 bits per heavy atom. The van der Waals surface area contributed by atoms with Gasteiger partial charge in [0, 0.05) is 44.5 Å². The van der Waals surface area contributed by atoms with Gasteiger partial charge in [0.05, 0.1) is 6.20 Å². The van der Waals surface area contributed by atoms with Crippen molar-refractivity contribution in [2.24, 2.45) is 5.92 Å². The molecule has 1 amide bonds. The third-order valence-corrected chi connectivity index (χ3v) is 4.14. The normalized spacial score (nSPS) is 20.8. The molecule has 19 heavy (non-hydrogen) atoms. The third-order valence-electron chi connectivity index (χ3n) is 4.14. The smallest absolute Gasteiger partial charge is 0.225 e. The van der Waals surface area contributed by atoms with Gasteiger partial charge in [0.1, 0.15) is 5.82 Å². The van der Waals surface area contributed by atoms with Crippen LogP contribution in [-0.4, -0.2) is 47.0 Å². The molecule has 1 aromatic rings. The van der Waals surface area contributed by atoms with Crippen LogP contribution in [0.15, 0.2) is 18.6 Å². The maximum absolute atomic E-state index is 12.3. The van der Waals surface area contributed by atoms with E-state index in [9.17, 15) is 4.79 Å². The van der Waals surface area contributed by atoms with Crippen molar-refractivity contribution in [2.75, 3.05) is 31.1 Å². The molecule has 0 N–H and O–H groups in total. The Kier molecular flexibility index (Phi) is 3.62. The van der Waals surface area contributed by atoms with Gasteiger partial charge >= 0.3 is 0 Å². The van der Waals surface area contributed by atoms with Crippen LogP contribution in [0.4, 0.5) is 5.82 Å². The third kappa shape index (κ3) is 2.69. The highest BCUT2D eigenvalue weighted by Crippen LogP contribution is 2.24. The average molecular weight is 260 g/mol. The lowest BCUT2D eigenvalue weighted by Crippen LogP contribution is -2.41. The Bertz CT molecular complexity index is 422. The topological polar surface area (TPSA) is 49.3 Å². The molecule has 0 bridgehead atoms. The van der Waals surface area contributed by atoms with E-state index in [0.29, 0.717) is 5.91 Å². The number of aromatic nitrogens is 2. The zero-order chi connectivity index (χ0) is 13.1. The highest BCUT2D eigenvalue weighted by atomic mass is 16.2. The van der Waals surface area contributed by atoms with Crippen molar-refractivity contribution < 1.29 is 4.79 Å². The summed E-state index contributed by atoms with van der Waals surface area (Å²) in [5, 5.41) is 0. The SMILES string of the molecule is O=C(C1CCN(c2cnccn2)CC1)N1CCCC1. The van der Waals surface area contributed by atoms with E-state index in [-0.39, 0.29) is 5.92 Å². The lowest BCUT2D eigenvalue weighted by molar-refractivity contribution is -0.135. The number of likely N-dealkylation sites (tertiary alicyclic amines) is 1. The van der Waals surface area contributed by atoms with Crippen LogP contribution in [0.5, 0.6) is 0 Å². The first kappa shape index (κ1) is 12.4. The predicted molar refractivity (Wildman–Crippen MR) is 72.8 cm³/mol. The number of hydrogen-bond acceptors (Lipinski definition) is 4. The van der Waals surface area contributed by atoms with Crippen molar-refractivity contribution in [3.63, 3.8) is 0 Å². The second kappa shape index (κ2) is 5.55. The number of nitrogens with zero attached hydrogens (tertiary/aromatic N) is 4. The maximum atomic E-state index is 12.3. The minimum Gasteiger partial charge on any atom is -0.355 e. The standard InChI is InChI=1S/C14H20N4O/c19-14(18-7-1-2-8-18)12-3-9-17(10-4-12)13-11-15-5-6-16-13/h5-6,11-12H,1-4,7-10H2. The molecule has 0 aromatic carbocycles. The van der Waals surface area contributed by atoms with E-state index in [1.807, 2.05) is 4.90 Å². The monoisotopic (exact) mass is 260 g/mol. The van der Waals surface area contributed by atoms with Crippen LogP contribution >= 0.6 is 0 Å². The second-order valence-electron chi connectivity index (χ2n) is 5.36. The molecule has 0 saturated carbocycles. The Balaban J connectivity index is 1.56. The Labute approximate surface area is 113 Å². The van der Waals surface area contributed by atoms with Crippen LogP contribution in [0, 0.1) is 5.92 Å². The summed E-state index contributed by atoms with van der Waals surface area (Å²) >= 11 is 0. The molecule has 3 rings (SSSR count). The summed E-state index contributed by atoms with van der Waals surface area (Å²) in [6, 6.07) is 0. The summed E-state index contributed by atoms with van der Waals surface area (Å²) in [6.45, 7) is 3.73. The Hall–Kier alpha value is -1.65. The molecule has 2 aliphatic heterocycles. The molecular formula is C14H20N4O. The number of hydrogen-bond donors (Lipinski definition) is 0. The number of piperidine rings is 1. The van der Waals surface area contributed by atoms with Gasteiger partial charge in [-0.15, -0.1) is 0 Å². The van der Waals surface area contributed by atoms with Gasteiger partial charge < -0.3 is 9.80 Å². The number of carbonyl (C=O) groups is 1. The van der Waals surface area contributed by atoms with Crippen LogP contribution < -0.4 is 4.90 Å². The molecule has 102 valence electrons. The van der Waals surface area contributed by atoms with Crippen molar-refractivity contribution in [3.8, 4) is 0 Å². The molecule has 1 aromatic heterocycles. The van der Waals surface area contributed by atoms with Crippen molar-refractivity contribution >= 4 is 11.7 Å². The van der Waals surface area contributed by atoms with Crippen molar-refractivity contribution in [2.45, 2.75) is 25.7 Å². The van der Waals surface area contributed by atoms with E-state index in [2.05, 4.69) is 14.9 Å². The van der Waals surface area contributed by atoms with Crippen molar-refractivity contribution in [3.05, 3.63) is 18.6 Å². The Morgan fingerprint density at radius 3 is 2.47 bits per heavy atom. The second-order valence-corrected chi connectivity index (χ2v) is 5.36. The van der Waals surface area contributed by atoms with Crippen LogP contribution in [0.25, 0.3) is 0 Å². The van der Waals surface area contributed by atoms with E-state index in [1.165, 1.54) is 12.8 Å². The summed E-state index contributed by atoms with van der Waals surface area (Å²) < 4.78 is 0. The van der Waals surface area contributed by atoms with Crippen LogP contribution in [-0.2, 0) is 4.79 Å². The minimum atomic E-state index is 0.214. The van der Waals surface area contributed by atoms with E-state index in [4.69, 9.17) is 0 Å². The summed E-state index contributed by atoms with van der Waals surface area (Å²) in [4.78, 5) is 25.0. The van der Waals surface area contributed by atoms with Crippen molar-refractivity contribution in [1.29, 1.82) is 0 Å². The largest absolute Gasteiger partial charge is 0.355 e. The summed E-state index contributed by atoms with van der Waals surface area (Å²) in [5.41, 5.74) is 0. The predicted octanol–water partition coefficient (Wildman–Crippen LogP) is 1.32. The molecule has 0 unspecified atom stereocenters. The van der Waals surface area contributed by atoms with E-state index < -0.39 is 0 Å². The average Bonchev–Trinajstić information content (AvgIpc) is 3.02. The molecule has 2 saturated heterocycles. The minimum absolute atomic E-state index is 0.214. The van der Waals surface area contributed by atoms with E-state index in [0.717, 1.165) is 44.8 Å². The lowest BCUT2D eigenvalue weighted by atomic mass is 9.95. The molecule has 5 heteroatoms. The first-order valence-electron chi connectivity index (χ1n) is 7.14. The molecule has 2 fully saturated rings. The summed E-state index contributed by atoms with van der Waals surface area (Å²) in [6.07, 6.45) is 9.42. The fourth-order valence-electron chi connectivity index (χ4n) is 3.01. The molecule has 0 atom stereocenters. The van der Waals surface area contributed by atoms with Gasteiger partial charge in [-0.3, -0.25) is 9.78 Å². The van der Waals surface area contributed by atoms with E-state index in [1.54, 1.807) is 18.6 Å². The zero-order valence-corrected chi connectivity index (χ0v) is 11.2. The Morgan fingerprint density at radius 2 is 1.84 bits per heavy atom. The molecule has 0 spiro atoms. The molecule has 5 nitrogen and oxygen atoms in total. The number of carbonyl (C=O) groups excluding carboxylic acids is 1. The van der Waals surface area contributed by atoms with Crippen LogP contribution in [0.2, 0.25) is 0 Å². The molecule has 2 aliphatic rings. The van der Waals surface area contributed by atoms with Gasteiger partial charge in [-0.1, -0.05) is 0 Å². The first-order chi connectivity index (χ1) is 9.34. The fraction of sp³-hybridized carbons (Fsp3) is 0.643. The first-order valence-corrected chi connectivity index (χ1v) is 7.14. The molecule has 0 aliphatic carbocycles. The quantitative estimate of drug-likeness (QED) is 0.804.